The Bertz CT molecular complexity index is 465. The second kappa shape index (κ2) is 2.34. The highest BCUT2D eigenvalue weighted by Crippen LogP contribution is 2.96. The first-order chi connectivity index (χ1) is 7.77. The van der Waals surface area contributed by atoms with Crippen LogP contribution in [0.25, 0.3) is 0 Å². The lowest BCUT2D eigenvalue weighted by molar-refractivity contribution is -0.143. The summed E-state index contributed by atoms with van der Waals surface area (Å²) in [5, 5.41) is 9.49. The third-order valence-corrected chi connectivity index (χ3v) is 5.31. The minimum Gasteiger partial charge on any atom is -0.481 e. The first-order valence-corrected chi connectivity index (χ1v) is 6.06. The van der Waals surface area contributed by atoms with Crippen molar-refractivity contribution in [3.63, 3.8) is 0 Å². The molecule has 0 aliphatic heterocycles. The molecule has 1 aromatic rings. The normalized spacial score (nSPS) is 47.0. The molecular formula is C14H14O2. The van der Waals surface area contributed by atoms with Gasteiger partial charge in [0.05, 0.1) is 5.41 Å². The van der Waals surface area contributed by atoms with E-state index in [1.54, 1.807) is 0 Å². The maximum atomic E-state index is 11.5. The molecule has 0 heterocycles. The average molecular weight is 214 g/mol. The van der Waals surface area contributed by atoms with Gasteiger partial charge >= 0.3 is 5.97 Å². The largest absolute Gasteiger partial charge is 0.481 e. The molecule has 2 atom stereocenters. The van der Waals surface area contributed by atoms with Gasteiger partial charge in [0.25, 0.3) is 0 Å². The maximum absolute atomic E-state index is 11.5. The zero-order chi connectivity index (χ0) is 11.0. The van der Waals surface area contributed by atoms with Crippen LogP contribution in [0, 0.1) is 17.3 Å². The smallest absolute Gasteiger partial charge is 0.311 e. The summed E-state index contributed by atoms with van der Waals surface area (Å²) in [5.41, 5.74) is 0.956. The monoisotopic (exact) mass is 214 g/mol. The van der Waals surface area contributed by atoms with E-state index in [0.717, 1.165) is 12.8 Å². The van der Waals surface area contributed by atoms with Crippen molar-refractivity contribution in [3.05, 3.63) is 35.9 Å². The highest BCUT2D eigenvalue weighted by molar-refractivity contribution is 5.92. The third kappa shape index (κ3) is 0.602. The van der Waals surface area contributed by atoms with Crippen molar-refractivity contribution in [1.82, 2.24) is 0 Å². The molecule has 0 bridgehead atoms. The number of hydrogen-bond donors (Lipinski definition) is 1. The fourth-order valence-electron chi connectivity index (χ4n) is 4.86. The lowest BCUT2D eigenvalue weighted by atomic mass is 9.77. The van der Waals surface area contributed by atoms with Crippen molar-refractivity contribution in [1.29, 1.82) is 0 Å². The predicted molar refractivity (Wildman–Crippen MR) is 59.0 cm³/mol. The van der Waals surface area contributed by atoms with Crippen molar-refractivity contribution in [3.8, 4) is 0 Å². The Balaban J connectivity index is 1.84. The molecule has 0 radical (unpaired) electrons. The molecule has 1 aromatic carbocycles. The topological polar surface area (TPSA) is 37.3 Å². The molecule has 4 rings (SSSR count). The molecule has 2 nitrogen and oxygen atoms in total. The molecule has 3 fully saturated rings. The molecule has 2 heteroatoms. The number of carbonyl (C=O) groups is 1. The Labute approximate surface area is 94.3 Å². The Kier molecular flexibility index (Phi) is 1.29. The number of fused-ring (bicyclic) bond motifs is 2. The van der Waals surface area contributed by atoms with Crippen molar-refractivity contribution in [2.24, 2.45) is 17.3 Å². The van der Waals surface area contributed by atoms with E-state index >= 15 is 0 Å². The minimum atomic E-state index is -0.550. The molecular weight excluding hydrogens is 200 g/mol. The molecule has 82 valence electrons. The van der Waals surface area contributed by atoms with Gasteiger partial charge in [0, 0.05) is 5.41 Å². The molecule has 0 unspecified atom stereocenters. The van der Waals surface area contributed by atoms with Crippen molar-refractivity contribution >= 4 is 5.97 Å². The summed E-state index contributed by atoms with van der Waals surface area (Å²) in [6.45, 7) is 0. The molecule has 1 N–H and O–H groups in total. The van der Waals surface area contributed by atoms with E-state index in [4.69, 9.17) is 0 Å². The Hall–Kier alpha value is -1.31. The zero-order valence-electron chi connectivity index (χ0n) is 9.02. The van der Waals surface area contributed by atoms with Crippen molar-refractivity contribution in [2.75, 3.05) is 0 Å². The molecule has 3 saturated carbocycles. The van der Waals surface area contributed by atoms with Crippen molar-refractivity contribution < 1.29 is 9.90 Å². The van der Waals surface area contributed by atoms with Gasteiger partial charge in [-0.1, -0.05) is 36.8 Å². The van der Waals surface area contributed by atoms with Crippen LogP contribution in [0.2, 0.25) is 0 Å². The average Bonchev–Trinajstić information content (AvgIpc) is 3.17. The van der Waals surface area contributed by atoms with Crippen LogP contribution in [0.1, 0.15) is 24.8 Å². The summed E-state index contributed by atoms with van der Waals surface area (Å²) in [6.07, 6.45) is 3.44. The lowest BCUT2D eigenvalue weighted by Crippen LogP contribution is -2.25. The Morgan fingerprint density at radius 2 is 1.81 bits per heavy atom. The van der Waals surface area contributed by atoms with Gasteiger partial charge in [-0.05, 0) is 30.2 Å². The van der Waals surface area contributed by atoms with Crippen LogP contribution in [-0.2, 0) is 10.2 Å². The first kappa shape index (κ1) is 8.80. The van der Waals surface area contributed by atoms with E-state index in [9.17, 15) is 9.90 Å². The van der Waals surface area contributed by atoms with Crippen LogP contribution in [0.3, 0.4) is 0 Å². The molecule has 0 aromatic heterocycles. The number of benzene rings is 1. The highest BCUT2D eigenvalue weighted by atomic mass is 16.4. The van der Waals surface area contributed by atoms with Gasteiger partial charge in [0.15, 0.2) is 0 Å². The van der Waals surface area contributed by atoms with Gasteiger partial charge in [0.2, 0.25) is 0 Å². The number of carboxylic acid groups (broad SMARTS) is 1. The number of carboxylic acids is 1. The number of hydrogen-bond acceptors (Lipinski definition) is 1. The first-order valence-electron chi connectivity index (χ1n) is 6.06. The van der Waals surface area contributed by atoms with Crippen molar-refractivity contribution in [2.45, 2.75) is 24.7 Å². The predicted octanol–water partition coefficient (Wildman–Crippen LogP) is 2.44. The molecule has 0 saturated heterocycles. The quantitative estimate of drug-likeness (QED) is 0.821. The second-order valence-electron chi connectivity index (χ2n) is 5.45. The van der Waals surface area contributed by atoms with Gasteiger partial charge < -0.3 is 5.11 Å². The minimum absolute atomic E-state index is 0.0400. The summed E-state index contributed by atoms with van der Waals surface area (Å²) in [6, 6.07) is 10.3. The van der Waals surface area contributed by atoms with E-state index in [-0.39, 0.29) is 10.8 Å². The molecule has 16 heavy (non-hydrogen) atoms. The van der Waals surface area contributed by atoms with Crippen LogP contribution in [0.15, 0.2) is 30.3 Å². The van der Waals surface area contributed by atoms with E-state index < -0.39 is 5.97 Å². The van der Waals surface area contributed by atoms with Crippen LogP contribution in [0.5, 0.6) is 0 Å². The third-order valence-electron chi connectivity index (χ3n) is 5.31. The maximum Gasteiger partial charge on any atom is 0.311 e. The van der Waals surface area contributed by atoms with Crippen LogP contribution < -0.4 is 0 Å². The fourth-order valence-corrected chi connectivity index (χ4v) is 4.86. The zero-order valence-corrected chi connectivity index (χ0v) is 9.02. The van der Waals surface area contributed by atoms with Gasteiger partial charge in [-0.25, -0.2) is 0 Å². The molecule has 0 amide bonds. The second-order valence-corrected chi connectivity index (χ2v) is 5.45. The summed E-state index contributed by atoms with van der Waals surface area (Å²) in [4.78, 5) is 11.5. The molecule has 3 aliphatic carbocycles. The van der Waals surface area contributed by atoms with Crippen LogP contribution >= 0.6 is 0 Å². The van der Waals surface area contributed by atoms with Gasteiger partial charge in [0.1, 0.15) is 0 Å². The Morgan fingerprint density at radius 3 is 2.31 bits per heavy atom. The summed E-state index contributed by atoms with van der Waals surface area (Å²) >= 11 is 0. The van der Waals surface area contributed by atoms with E-state index in [0.29, 0.717) is 11.8 Å². The molecule has 0 spiro atoms. The summed E-state index contributed by atoms with van der Waals surface area (Å²) in [7, 11) is 0. The van der Waals surface area contributed by atoms with E-state index in [1.807, 2.05) is 18.2 Å². The summed E-state index contributed by atoms with van der Waals surface area (Å²) in [5.74, 6) is 0.309. The standard InChI is InChI=1S/C14H14O2/c15-12(16)14-10-7-4-8-11(14)13(10,14)9-5-2-1-3-6-9/h1-3,5-6,10-11H,4,7-8H2,(H,15,16)/t10-,11-,13?,14?/m0/s1. The lowest BCUT2D eigenvalue weighted by Gasteiger charge is -2.26. The van der Waals surface area contributed by atoms with Gasteiger partial charge in [-0.3, -0.25) is 4.79 Å². The van der Waals surface area contributed by atoms with Gasteiger partial charge in [-0.15, -0.1) is 0 Å². The summed E-state index contributed by atoms with van der Waals surface area (Å²) < 4.78 is 0. The van der Waals surface area contributed by atoms with Crippen LogP contribution in [0.4, 0.5) is 0 Å². The fraction of sp³-hybridized carbons (Fsp3) is 0.500. The Morgan fingerprint density at radius 1 is 1.19 bits per heavy atom. The SMILES string of the molecule is O=C(O)C12[C@H]3CCC[C@H]1C32c1ccccc1. The van der Waals surface area contributed by atoms with E-state index in [1.165, 1.54) is 12.0 Å². The highest BCUT2D eigenvalue weighted by Gasteiger charge is 3.01. The van der Waals surface area contributed by atoms with E-state index in [2.05, 4.69) is 12.1 Å². The number of rotatable bonds is 2. The van der Waals surface area contributed by atoms with Gasteiger partial charge in [-0.2, -0.15) is 0 Å². The molecule has 3 aliphatic rings. The number of aliphatic carboxylic acids is 1. The van der Waals surface area contributed by atoms with Crippen LogP contribution in [-0.4, -0.2) is 11.1 Å².